The lowest BCUT2D eigenvalue weighted by Crippen LogP contribution is -2.18. The van der Waals surface area contributed by atoms with Gasteiger partial charge < -0.3 is 10.4 Å². The van der Waals surface area contributed by atoms with Gasteiger partial charge in [-0.2, -0.15) is 13.2 Å². The molecule has 0 aliphatic rings. The van der Waals surface area contributed by atoms with Crippen LogP contribution in [0.5, 0.6) is 0 Å². The average Bonchev–Trinajstić information content (AvgIpc) is 2.30. The summed E-state index contributed by atoms with van der Waals surface area (Å²) in [6.07, 6.45) is -4.32. The third kappa shape index (κ3) is 5.52. The molecule has 0 spiro atoms. The highest BCUT2D eigenvalue weighted by Crippen LogP contribution is 2.22. The maximum Gasteiger partial charge on any atom is 0.397 e. The van der Waals surface area contributed by atoms with E-state index in [1.54, 1.807) is 6.92 Å². The predicted octanol–water partition coefficient (Wildman–Crippen LogP) is 2.93. The molecule has 1 amide bonds. The number of anilines is 1. The summed E-state index contributed by atoms with van der Waals surface area (Å²) in [6.45, 7) is 1.66. The molecule has 8 heteroatoms. The van der Waals surface area contributed by atoms with Crippen LogP contribution in [0.2, 0.25) is 0 Å². The van der Waals surface area contributed by atoms with Crippen molar-refractivity contribution < 1.29 is 27.9 Å². The van der Waals surface area contributed by atoms with Crippen molar-refractivity contribution >= 4 is 29.3 Å². The number of carbonyl (C=O) groups is 2. The molecule has 20 heavy (non-hydrogen) atoms. The van der Waals surface area contributed by atoms with Gasteiger partial charge in [0.05, 0.1) is 17.1 Å². The van der Waals surface area contributed by atoms with E-state index in [0.717, 1.165) is 0 Å². The van der Waals surface area contributed by atoms with Crippen molar-refractivity contribution in [1.82, 2.24) is 0 Å². The van der Waals surface area contributed by atoms with Crippen molar-refractivity contribution in [2.24, 2.45) is 0 Å². The van der Waals surface area contributed by atoms with Gasteiger partial charge in [-0.05, 0) is 24.6 Å². The van der Waals surface area contributed by atoms with Gasteiger partial charge in [-0.25, -0.2) is 4.79 Å². The van der Waals surface area contributed by atoms with E-state index in [1.807, 2.05) is 0 Å². The van der Waals surface area contributed by atoms with Gasteiger partial charge in [0.2, 0.25) is 5.91 Å². The van der Waals surface area contributed by atoms with Crippen LogP contribution in [0.15, 0.2) is 18.2 Å². The molecule has 0 aliphatic heterocycles. The van der Waals surface area contributed by atoms with Crippen molar-refractivity contribution in [2.45, 2.75) is 13.1 Å². The molecule has 0 unspecified atom stereocenters. The Morgan fingerprint density at radius 2 is 2.00 bits per heavy atom. The first-order valence-electron chi connectivity index (χ1n) is 5.47. The first kappa shape index (κ1) is 16.4. The Labute approximate surface area is 117 Å². The number of rotatable bonds is 5. The highest BCUT2D eigenvalue weighted by molar-refractivity contribution is 8.00. The Bertz CT molecular complexity index is 517. The fraction of sp³-hybridized carbons (Fsp3) is 0.333. The van der Waals surface area contributed by atoms with Gasteiger partial charge in [-0.3, -0.25) is 4.79 Å². The average molecular weight is 307 g/mol. The number of carboxylic acids is 1. The zero-order valence-corrected chi connectivity index (χ0v) is 11.3. The number of thioether (sulfide) groups is 1. The molecule has 0 saturated carbocycles. The fourth-order valence-corrected chi connectivity index (χ4v) is 1.93. The molecule has 110 valence electrons. The molecule has 1 rings (SSSR count). The van der Waals surface area contributed by atoms with Crippen molar-refractivity contribution in [3.05, 3.63) is 29.3 Å². The lowest BCUT2D eigenvalue weighted by Gasteiger charge is -2.10. The largest absolute Gasteiger partial charge is 0.478 e. The molecular weight excluding hydrogens is 295 g/mol. The van der Waals surface area contributed by atoms with Crippen LogP contribution in [0.25, 0.3) is 0 Å². The van der Waals surface area contributed by atoms with Gasteiger partial charge in [0.1, 0.15) is 0 Å². The van der Waals surface area contributed by atoms with Crippen LogP contribution >= 0.6 is 11.8 Å². The van der Waals surface area contributed by atoms with E-state index >= 15 is 0 Å². The van der Waals surface area contributed by atoms with Gasteiger partial charge in [0.15, 0.2) is 0 Å². The minimum Gasteiger partial charge on any atom is -0.478 e. The summed E-state index contributed by atoms with van der Waals surface area (Å²) in [5.41, 5.74) is 0.903. The predicted molar refractivity (Wildman–Crippen MR) is 70.1 cm³/mol. The molecule has 0 atom stereocenters. The van der Waals surface area contributed by atoms with Crippen LogP contribution < -0.4 is 5.32 Å². The summed E-state index contributed by atoms with van der Waals surface area (Å²) >= 11 is 0.451. The number of alkyl halides is 3. The number of aryl methyl sites for hydroxylation is 1. The van der Waals surface area contributed by atoms with Crippen LogP contribution in [0.1, 0.15) is 15.9 Å². The Morgan fingerprint density at radius 1 is 1.35 bits per heavy atom. The third-order valence-corrected chi connectivity index (χ3v) is 3.26. The van der Waals surface area contributed by atoms with E-state index < -0.39 is 23.8 Å². The minimum absolute atomic E-state index is 0.00570. The summed E-state index contributed by atoms with van der Waals surface area (Å²) in [5.74, 6) is -3.21. The number of hydrogen-bond acceptors (Lipinski definition) is 3. The summed E-state index contributed by atoms with van der Waals surface area (Å²) in [4.78, 5) is 22.3. The number of aromatic carboxylic acids is 1. The minimum atomic E-state index is -4.32. The highest BCUT2D eigenvalue weighted by Gasteiger charge is 2.27. The molecule has 0 bridgehead atoms. The molecule has 2 N–H and O–H groups in total. The molecule has 0 heterocycles. The maximum absolute atomic E-state index is 11.9. The topological polar surface area (TPSA) is 66.4 Å². The Hall–Kier alpha value is -1.70. The van der Waals surface area contributed by atoms with Crippen LogP contribution in [0.4, 0.5) is 18.9 Å². The third-order valence-electron chi connectivity index (χ3n) is 2.26. The van der Waals surface area contributed by atoms with Gasteiger partial charge in [-0.1, -0.05) is 6.07 Å². The van der Waals surface area contributed by atoms with E-state index in [4.69, 9.17) is 5.11 Å². The standard InChI is InChI=1S/C12H12F3NO3S/c1-7-2-3-8(11(18)19)4-9(7)16-10(17)5-20-6-12(13,14)15/h2-4H,5-6H2,1H3,(H,16,17)(H,18,19). The summed E-state index contributed by atoms with van der Waals surface area (Å²) in [6, 6.07) is 4.16. The number of carbonyl (C=O) groups excluding carboxylic acids is 1. The van der Waals surface area contributed by atoms with Gasteiger partial charge in [0.25, 0.3) is 0 Å². The van der Waals surface area contributed by atoms with Crippen molar-refractivity contribution in [3.8, 4) is 0 Å². The van der Waals surface area contributed by atoms with E-state index in [-0.39, 0.29) is 17.0 Å². The Balaban J connectivity index is 2.62. The summed E-state index contributed by atoms with van der Waals surface area (Å²) < 4.78 is 35.8. The number of halogens is 3. The number of amides is 1. The SMILES string of the molecule is Cc1ccc(C(=O)O)cc1NC(=O)CSCC(F)(F)F. The fourth-order valence-electron chi connectivity index (χ4n) is 1.34. The molecule has 0 saturated heterocycles. The second kappa shape index (κ2) is 6.65. The zero-order chi connectivity index (χ0) is 15.3. The van der Waals surface area contributed by atoms with E-state index in [0.29, 0.717) is 17.3 Å². The van der Waals surface area contributed by atoms with E-state index in [9.17, 15) is 22.8 Å². The summed E-state index contributed by atoms with van der Waals surface area (Å²) in [7, 11) is 0. The normalized spacial score (nSPS) is 11.2. The van der Waals surface area contributed by atoms with Gasteiger partial charge in [-0.15, -0.1) is 11.8 Å². The Kier molecular flexibility index (Phi) is 5.43. The van der Waals surface area contributed by atoms with Crippen molar-refractivity contribution in [1.29, 1.82) is 0 Å². The monoisotopic (exact) mass is 307 g/mol. The van der Waals surface area contributed by atoms with Crippen LogP contribution in [0, 0.1) is 6.92 Å². The van der Waals surface area contributed by atoms with Crippen LogP contribution in [0.3, 0.4) is 0 Å². The number of nitrogens with one attached hydrogen (secondary N) is 1. The highest BCUT2D eigenvalue weighted by atomic mass is 32.2. The zero-order valence-electron chi connectivity index (χ0n) is 10.5. The second-order valence-electron chi connectivity index (χ2n) is 3.99. The number of hydrogen-bond donors (Lipinski definition) is 2. The Morgan fingerprint density at radius 3 is 2.55 bits per heavy atom. The lowest BCUT2D eigenvalue weighted by molar-refractivity contribution is -0.113. The molecule has 0 radical (unpaired) electrons. The molecule has 1 aromatic carbocycles. The molecule has 0 aliphatic carbocycles. The number of benzene rings is 1. The molecule has 0 aromatic heterocycles. The van der Waals surface area contributed by atoms with Crippen molar-refractivity contribution in [3.63, 3.8) is 0 Å². The number of carboxylic acid groups (broad SMARTS) is 1. The van der Waals surface area contributed by atoms with Crippen LogP contribution in [-0.2, 0) is 4.79 Å². The van der Waals surface area contributed by atoms with Crippen LogP contribution in [-0.4, -0.2) is 34.7 Å². The quantitative estimate of drug-likeness (QED) is 0.878. The maximum atomic E-state index is 11.9. The summed E-state index contributed by atoms with van der Waals surface area (Å²) in [5, 5.41) is 11.2. The molecule has 4 nitrogen and oxygen atoms in total. The second-order valence-corrected chi connectivity index (χ2v) is 4.98. The first-order valence-corrected chi connectivity index (χ1v) is 6.63. The molecular formula is C12H12F3NO3S. The van der Waals surface area contributed by atoms with Gasteiger partial charge >= 0.3 is 12.1 Å². The van der Waals surface area contributed by atoms with E-state index in [1.165, 1.54) is 18.2 Å². The smallest absolute Gasteiger partial charge is 0.397 e. The van der Waals surface area contributed by atoms with E-state index in [2.05, 4.69) is 5.32 Å². The van der Waals surface area contributed by atoms with Crippen molar-refractivity contribution in [2.75, 3.05) is 16.8 Å². The molecule has 1 aromatic rings. The van der Waals surface area contributed by atoms with Gasteiger partial charge in [0, 0.05) is 5.69 Å². The first-order chi connectivity index (χ1) is 9.19. The lowest BCUT2D eigenvalue weighted by atomic mass is 10.1. The molecule has 0 fully saturated rings.